The molecule has 4 N–H and O–H groups in total. The van der Waals surface area contributed by atoms with E-state index < -0.39 is 0 Å². The van der Waals surface area contributed by atoms with Crippen molar-refractivity contribution in [2.45, 2.75) is 25.9 Å². The Kier molecular flexibility index (Phi) is 5.36. The third-order valence-corrected chi connectivity index (χ3v) is 2.18. The van der Waals surface area contributed by atoms with Gasteiger partial charge in [0.05, 0.1) is 0 Å². The Balaban J connectivity index is 2.16. The van der Waals surface area contributed by atoms with Crippen LogP contribution in [0.4, 0.5) is 4.79 Å². The summed E-state index contributed by atoms with van der Waals surface area (Å²) in [5.41, 5.74) is 6.66. The molecule has 4 nitrogen and oxygen atoms in total. The zero-order valence-electron chi connectivity index (χ0n) is 9.57. The van der Waals surface area contributed by atoms with Gasteiger partial charge in [0.1, 0.15) is 0 Å². The monoisotopic (exact) mass is 221 g/mol. The zero-order chi connectivity index (χ0) is 11.8. The Morgan fingerprint density at radius 3 is 2.62 bits per heavy atom. The summed E-state index contributed by atoms with van der Waals surface area (Å²) in [5, 5.41) is 5.54. The predicted octanol–water partition coefficient (Wildman–Crippen LogP) is 1.22. The van der Waals surface area contributed by atoms with Crippen molar-refractivity contribution in [1.29, 1.82) is 0 Å². The molecule has 1 aromatic carbocycles. The Morgan fingerprint density at radius 2 is 2.00 bits per heavy atom. The molecule has 0 fully saturated rings. The maximum Gasteiger partial charge on any atom is 0.315 e. The lowest BCUT2D eigenvalue weighted by atomic mass is 10.2. The van der Waals surface area contributed by atoms with E-state index >= 15 is 0 Å². The molecular weight excluding hydrogens is 202 g/mol. The number of amides is 2. The van der Waals surface area contributed by atoms with Crippen molar-refractivity contribution < 1.29 is 4.79 Å². The van der Waals surface area contributed by atoms with Gasteiger partial charge in [-0.25, -0.2) is 4.79 Å². The van der Waals surface area contributed by atoms with Crippen molar-refractivity contribution in [3.63, 3.8) is 0 Å². The Hall–Kier alpha value is -1.55. The molecule has 0 heterocycles. The van der Waals surface area contributed by atoms with Gasteiger partial charge < -0.3 is 16.4 Å². The Bertz CT molecular complexity index is 311. The number of hydrogen-bond acceptors (Lipinski definition) is 2. The minimum absolute atomic E-state index is 0.120. The van der Waals surface area contributed by atoms with Crippen LogP contribution in [0.5, 0.6) is 0 Å². The molecule has 1 rings (SSSR count). The second kappa shape index (κ2) is 6.85. The lowest BCUT2D eigenvalue weighted by Crippen LogP contribution is -2.37. The summed E-state index contributed by atoms with van der Waals surface area (Å²) in [6, 6.07) is 9.77. The van der Waals surface area contributed by atoms with Gasteiger partial charge >= 0.3 is 6.03 Å². The van der Waals surface area contributed by atoms with E-state index in [0.717, 1.165) is 12.0 Å². The van der Waals surface area contributed by atoms with Crippen LogP contribution < -0.4 is 16.4 Å². The average molecular weight is 221 g/mol. The maximum absolute atomic E-state index is 11.3. The van der Waals surface area contributed by atoms with Crippen LogP contribution in [0.3, 0.4) is 0 Å². The van der Waals surface area contributed by atoms with Crippen molar-refractivity contribution in [3.8, 4) is 0 Å². The second-order valence-electron chi connectivity index (χ2n) is 3.86. The van der Waals surface area contributed by atoms with Crippen LogP contribution in [0.1, 0.15) is 18.9 Å². The fraction of sp³-hybridized carbons (Fsp3) is 0.417. The lowest BCUT2D eigenvalue weighted by molar-refractivity contribution is 0.240. The normalized spacial score (nSPS) is 11.9. The van der Waals surface area contributed by atoms with Crippen molar-refractivity contribution in [2.24, 2.45) is 5.73 Å². The minimum Gasteiger partial charge on any atom is -0.338 e. The molecule has 0 spiro atoms. The molecule has 0 aliphatic heterocycles. The van der Waals surface area contributed by atoms with Crippen LogP contribution in [0.15, 0.2) is 30.3 Å². The van der Waals surface area contributed by atoms with E-state index in [4.69, 9.17) is 5.73 Å². The third kappa shape index (κ3) is 5.36. The van der Waals surface area contributed by atoms with Gasteiger partial charge in [-0.15, -0.1) is 0 Å². The first-order chi connectivity index (χ1) is 7.68. The van der Waals surface area contributed by atoms with E-state index in [1.807, 2.05) is 37.3 Å². The highest BCUT2D eigenvalue weighted by atomic mass is 16.2. The van der Waals surface area contributed by atoms with Crippen molar-refractivity contribution >= 4 is 6.03 Å². The summed E-state index contributed by atoms with van der Waals surface area (Å²) in [7, 11) is 0. The molecule has 0 saturated heterocycles. The van der Waals surface area contributed by atoms with Gasteiger partial charge in [-0.3, -0.25) is 0 Å². The van der Waals surface area contributed by atoms with Crippen molar-refractivity contribution in [1.82, 2.24) is 10.6 Å². The van der Waals surface area contributed by atoms with E-state index in [1.54, 1.807) is 0 Å². The first-order valence-electron chi connectivity index (χ1n) is 5.49. The van der Waals surface area contributed by atoms with Gasteiger partial charge in [-0.2, -0.15) is 0 Å². The molecule has 0 saturated carbocycles. The van der Waals surface area contributed by atoms with Crippen LogP contribution in [0, 0.1) is 0 Å². The molecule has 1 aromatic rings. The van der Waals surface area contributed by atoms with Gasteiger partial charge in [0, 0.05) is 19.1 Å². The standard InChI is InChI=1S/C12H19N3O/c1-10(13)7-8-14-12(16)15-9-11-5-3-2-4-6-11/h2-6,10H,7-9,13H2,1H3,(H2,14,15,16). The van der Waals surface area contributed by atoms with Crippen molar-refractivity contribution in [3.05, 3.63) is 35.9 Å². The fourth-order valence-corrected chi connectivity index (χ4v) is 1.25. The summed E-state index contributed by atoms with van der Waals surface area (Å²) in [4.78, 5) is 11.3. The largest absolute Gasteiger partial charge is 0.338 e. The zero-order valence-corrected chi connectivity index (χ0v) is 9.57. The number of carbonyl (C=O) groups is 1. The number of urea groups is 1. The van der Waals surface area contributed by atoms with Crippen LogP contribution in [0.2, 0.25) is 0 Å². The van der Waals surface area contributed by atoms with Gasteiger partial charge in [0.15, 0.2) is 0 Å². The quantitative estimate of drug-likeness (QED) is 0.700. The minimum atomic E-state index is -0.149. The molecule has 88 valence electrons. The van der Waals surface area contributed by atoms with Crippen LogP contribution >= 0.6 is 0 Å². The summed E-state index contributed by atoms with van der Waals surface area (Å²) in [6.07, 6.45) is 0.790. The molecule has 4 heteroatoms. The Labute approximate surface area is 96.2 Å². The van der Waals surface area contributed by atoms with E-state index in [2.05, 4.69) is 10.6 Å². The summed E-state index contributed by atoms with van der Waals surface area (Å²) in [5.74, 6) is 0. The number of hydrogen-bond donors (Lipinski definition) is 3. The number of carbonyl (C=O) groups excluding carboxylic acids is 1. The molecule has 0 aliphatic carbocycles. The fourth-order valence-electron chi connectivity index (χ4n) is 1.25. The number of nitrogens with one attached hydrogen (secondary N) is 2. The van der Waals surface area contributed by atoms with Gasteiger partial charge in [0.2, 0.25) is 0 Å². The SMILES string of the molecule is CC(N)CCNC(=O)NCc1ccccc1. The molecular formula is C12H19N3O. The second-order valence-corrected chi connectivity index (χ2v) is 3.86. The topological polar surface area (TPSA) is 67.1 Å². The van der Waals surface area contributed by atoms with E-state index in [9.17, 15) is 4.79 Å². The van der Waals surface area contributed by atoms with E-state index in [0.29, 0.717) is 13.1 Å². The maximum atomic E-state index is 11.3. The molecule has 0 aromatic heterocycles. The van der Waals surface area contributed by atoms with E-state index in [-0.39, 0.29) is 12.1 Å². The van der Waals surface area contributed by atoms with Gasteiger partial charge in [-0.1, -0.05) is 30.3 Å². The number of nitrogens with two attached hydrogens (primary N) is 1. The van der Waals surface area contributed by atoms with Gasteiger partial charge in [-0.05, 0) is 18.9 Å². The predicted molar refractivity (Wildman–Crippen MR) is 64.9 cm³/mol. The molecule has 1 unspecified atom stereocenters. The number of benzene rings is 1. The molecule has 0 aliphatic rings. The smallest absolute Gasteiger partial charge is 0.315 e. The first-order valence-corrected chi connectivity index (χ1v) is 5.49. The van der Waals surface area contributed by atoms with Crippen LogP contribution in [0.25, 0.3) is 0 Å². The molecule has 0 radical (unpaired) electrons. The summed E-state index contributed by atoms with van der Waals surface area (Å²) >= 11 is 0. The van der Waals surface area contributed by atoms with Crippen LogP contribution in [-0.4, -0.2) is 18.6 Å². The summed E-state index contributed by atoms with van der Waals surface area (Å²) < 4.78 is 0. The highest BCUT2D eigenvalue weighted by molar-refractivity contribution is 5.73. The average Bonchev–Trinajstić information content (AvgIpc) is 2.27. The van der Waals surface area contributed by atoms with Gasteiger partial charge in [0.25, 0.3) is 0 Å². The molecule has 2 amide bonds. The highest BCUT2D eigenvalue weighted by Gasteiger charge is 2.00. The highest BCUT2D eigenvalue weighted by Crippen LogP contribution is 1.96. The summed E-state index contributed by atoms with van der Waals surface area (Å²) in [6.45, 7) is 3.08. The molecule has 1 atom stereocenters. The van der Waals surface area contributed by atoms with E-state index in [1.165, 1.54) is 0 Å². The lowest BCUT2D eigenvalue weighted by Gasteiger charge is -2.08. The number of rotatable bonds is 5. The molecule has 16 heavy (non-hydrogen) atoms. The van der Waals surface area contributed by atoms with Crippen molar-refractivity contribution in [2.75, 3.05) is 6.54 Å². The Morgan fingerprint density at radius 1 is 1.31 bits per heavy atom. The van der Waals surface area contributed by atoms with Crippen LogP contribution in [-0.2, 0) is 6.54 Å². The molecule has 0 bridgehead atoms. The third-order valence-electron chi connectivity index (χ3n) is 2.18. The first kappa shape index (κ1) is 12.5.